The number of carbonyl (C=O) groups excluding carboxylic acids is 2. The maximum absolute atomic E-state index is 12.8. The molecule has 10 nitrogen and oxygen atoms in total. The number of piperidine rings is 2. The number of halogens is 3. The Hall–Kier alpha value is -3.35. The molecule has 0 aliphatic carbocycles. The fourth-order valence-corrected chi connectivity index (χ4v) is 4.20. The minimum atomic E-state index is -5.08. The van der Waals surface area contributed by atoms with Crippen molar-refractivity contribution in [2.75, 3.05) is 25.0 Å². The van der Waals surface area contributed by atoms with Crippen LogP contribution in [0.25, 0.3) is 11.0 Å². The zero-order valence-corrected chi connectivity index (χ0v) is 18.7. The van der Waals surface area contributed by atoms with E-state index in [1.54, 1.807) is 11.6 Å². The summed E-state index contributed by atoms with van der Waals surface area (Å²) in [7, 11) is 3.73. The number of amides is 2. The van der Waals surface area contributed by atoms with Crippen molar-refractivity contribution in [2.24, 2.45) is 7.05 Å². The van der Waals surface area contributed by atoms with Crippen molar-refractivity contribution in [3.63, 3.8) is 0 Å². The Morgan fingerprint density at radius 3 is 2.26 bits per heavy atom. The molecule has 0 saturated carbocycles. The van der Waals surface area contributed by atoms with Crippen LogP contribution in [-0.2, 0) is 21.4 Å². The van der Waals surface area contributed by atoms with Gasteiger partial charge in [-0.3, -0.25) is 24.0 Å². The Bertz CT molecular complexity index is 1150. The van der Waals surface area contributed by atoms with Crippen molar-refractivity contribution in [1.82, 2.24) is 19.8 Å². The molecule has 2 aliphatic rings. The van der Waals surface area contributed by atoms with Gasteiger partial charge in [-0.25, -0.2) is 9.59 Å². The average molecular weight is 485 g/mol. The van der Waals surface area contributed by atoms with Crippen molar-refractivity contribution in [2.45, 2.75) is 43.9 Å². The van der Waals surface area contributed by atoms with E-state index in [2.05, 4.69) is 15.5 Å². The molecule has 2 saturated heterocycles. The number of hydrogen-bond donors (Lipinski definition) is 3. The third-order valence-corrected chi connectivity index (χ3v) is 6.11. The number of anilines is 1. The normalized spacial score (nSPS) is 19.6. The second-order valence-corrected chi connectivity index (χ2v) is 8.20. The van der Waals surface area contributed by atoms with Crippen LogP contribution in [0, 0.1) is 0 Å². The Morgan fingerprint density at radius 2 is 1.74 bits per heavy atom. The van der Waals surface area contributed by atoms with E-state index in [4.69, 9.17) is 9.90 Å². The van der Waals surface area contributed by atoms with Gasteiger partial charge in [0.25, 0.3) is 0 Å². The minimum absolute atomic E-state index is 0.231. The van der Waals surface area contributed by atoms with E-state index < -0.39 is 24.1 Å². The van der Waals surface area contributed by atoms with Gasteiger partial charge < -0.3 is 15.3 Å². The number of rotatable bonds is 3. The number of fused-ring (bicyclic) bond motifs is 1. The van der Waals surface area contributed by atoms with Crippen LogP contribution < -0.4 is 21.2 Å². The number of nitrogens with one attached hydrogen (secondary N) is 2. The van der Waals surface area contributed by atoms with Gasteiger partial charge in [-0.1, -0.05) is 0 Å². The average Bonchev–Trinajstić information content (AvgIpc) is 3.03. The van der Waals surface area contributed by atoms with E-state index in [0.717, 1.165) is 42.7 Å². The number of aryl methyl sites for hydroxylation is 1. The first-order valence-corrected chi connectivity index (χ1v) is 10.7. The molecule has 1 unspecified atom stereocenters. The molecule has 1 aromatic carbocycles. The molecular weight excluding hydrogens is 459 g/mol. The maximum Gasteiger partial charge on any atom is 0.490 e. The molecular formula is C21H26F3N5O5. The van der Waals surface area contributed by atoms with Crippen LogP contribution in [-0.4, -0.2) is 64.4 Å². The number of hydrogen-bond acceptors (Lipinski definition) is 6. The predicted octanol–water partition coefficient (Wildman–Crippen LogP) is 1.14. The van der Waals surface area contributed by atoms with Crippen LogP contribution in [0.15, 0.2) is 23.0 Å². The second kappa shape index (κ2) is 9.87. The summed E-state index contributed by atoms with van der Waals surface area (Å²) in [4.78, 5) is 47.8. The fourth-order valence-electron chi connectivity index (χ4n) is 4.20. The van der Waals surface area contributed by atoms with E-state index in [9.17, 15) is 27.6 Å². The zero-order chi connectivity index (χ0) is 25.2. The lowest BCUT2D eigenvalue weighted by molar-refractivity contribution is -0.192. The summed E-state index contributed by atoms with van der Waals surface area (Å²) in [6, 6.07) is 5.88. The lowest BCUT2D eigenvalue weighted by Gasteiger charge is -2.33. The van der Waals surface area contributed by atoms with Crippen molar-refractivity contribution in [3.8, 4) is 0 Å². The number of carboxylic acids is 1. The lowest BCUT2D eigenvalue weighted by atomic mass is 10.0. The van der Waals surface area contributed by atoms with E-state index in [1.807, 2.05) is 25.2 Å². The number of benzene rings is 1. The molecule has 2 fully saturated rings. The van der Waals surface area contributed by atoms with Crippen LogP contribution in [0.3, 0.4) is 0 Å². The van der Waals surface area contributed by atoms with Crippen molar-refractivity contribution < 1.29 is 32.7 Å². The molecule has 34 heavy (non-hydrogen) atoms. The summed E-state index contributed by atoms with van der Waals surface area (Å²) in [5, 5.41) is 12.8. The van der Waals surface area contributed by atoms with Gasteiger partial charge >= 0.3 is 17.8 Å². The summed E-state index contributed by atoms with van der Waals surface area (Å²) in [6.07, 6.45) is -2.31. The topological polar surface area (TPSA) is 126 Å². The Kier molecular flexibility index (Phi) is 7.34. The number of aliphatic carboxylic acids is 1. The van der Waals surface area contributed by atoms with Crippen molar-refractivity contribution in [3.05, 3.63) is 28.7 Å². The van der Waals surface area contributed by atoms with Crippen LogP contribution in [0.5, 0.6) is 0 Å². The lowest BCUT2D eigenvalue weighted by Crippen LogP contribution is -2.44. The first kappa shape index (κ1) is 25.3. The molecule has 2 amide bonds. The Balaban J connectivity index is 0.000000406. The van der Waals surface area contributed by atoms with E-state index in [-0.39, 0.29) is 18.0 Å². The maximum atomic E-state index is 12.8. The Morgan fingerprint density at radius 1 is 1.12 bits per heavy atom. The standard InChI is InChI=1S/C19H25N5O3.C2HF3O2/c1-20-12-7-9-23(10-8-12)13-3-4-14-16(11-13)22(2)19(27)24(14)15-5-6-17(25)21-18(15)26;3-2(4,5)1(6)7/h3-4,11-12,15,20H,5-10H2,1-2H3,(H,21,25,26);(H,6,7). The van der Waals surface area contributed by atoms with Crippen LogP contribution in [0.2, 0.25) is 0 Å². The summed E-state index contributed by atoms with van der Waals surface area (Å²) in [6.45, 7) is 1.94. The van der Waals surface area contributed by atoms with Gasteiger partial charge in [0.2, 0.25) is 11.8 Å². The van der Waals surface area contributed by atoms with Gasteiger partial charge in [0.1, 0.15) is 6.04 Å². The molecule has 0 spiro atoms. The SMILES string of the molecule is CNC1CCN(c2ccc3c(c2)n(C)c(=O)n3C2CCC(=O)NC2=O)CC1.O=C(O)C(F)(F)F. The number of imide groups is 1. The van der Waals surface area contributed by atoms with Crippen LogP contribution in [0.4, 0.5) is 18.9 Å². The molecule has 0 radical (unpaired) electrons. The van der Waals surface area contributed by atoms with E-state index in [0.29, 0.717) is 12.5 Å². The largest absolute Gasteiger partial charge is 0.490 e. The quantitative estimate of drug-likeness (QED) is 0.557. The van der Waals surface area contributed by atoms with Gasteiger partial charge in [0.05, 0.1) is 11.0 Å². The molecule has 186 valence electrons. The number of aromatic nitrogens is 2. The molecule has 3 heterocycles. The minimum Gasteiger partial charge on any atom is -0.475 e. The monoisotopic (exact) mass is 485 g/mol. The molecule has 1 aromatic heterocycles. The summed E-state index contributed by atoms with van der Waals surface area (Å²) < 4.78 is 34.8. The van der Waals surface area contributed by atoms with Gasteiger partial charge in [-0.15, -0.1) is 0 Å². The highest BCUT2D eigenvalue weighted by molar-refractivity contribution is 6.00. The van der Waals surface area contributed by atoms with Crippen molar-refractivity contribution in [1.29, 1.82) is 0 Å². The molecule has 2 aromatic rings. The number of carboxylic acid groups (broad SMARTS) is 1. The molecule has 13 heteroatoms. The fraction of sp³-hybridized carbons (Fsp3) is 0.524. The van der Waals surface area contributed by atoms with Gasteiger partial charge in [0.15, 0.2) is 0 Å². The first-order valence-electron chi connectivity index (χ1n) is 10.7. The summed E-state index contributed by atoms with van der Waals surface area (Å²) in [5.41, 5.74) is 2.39. The van der Waals surface area contributed by atoms with Gasteiger partial charge in [-0.05, 0) is 44.5 Å². The molecule has 4 rings (SSSR count). The summed E-state index contributed by atoms with van der Waals surface area (Å²) in [5.74, 6) is -3.44. The smallest absolute Gasteiger partial charge is 0.475 e. The first-order chi connectivity index (χ1) is 15.9. The molecule has 2 aliphatic heterocycles. The number of carbonyl (C=O) groups is 3. The third-order valence-electron chi connectivity index (χ3n) is 6.11. The molecule has 3 N–H and O–H groups in total. The van der Waals surface area contributed by atoms with Crippen molar-refractivity contribution >= 4 is 34.5 Å². The van der Waals surface area contributed by atoms with Crippen LogP contribution in [0.1, 0.15) is 31.7 Å². The van der Waals surface area contributed by atoms with E-state index >= 15 is 0 Å². The zero-order valence-electron chi connectivity index (χ0n) is 18.7. The highest BCUT2D eigenvalue weighted by atomic mass is 19.4. The molecule has 0 bridgehead atoms. The summed E-state index contributed by atoms with van der Waals surface area (Å²) >= 11 is 0. The highest BCUT2D eigenvalue weighted by Gasteiger charge is 2.38. The predicted molar refractivity (Wildman–Crippen MR) is 117 cm³/mol. The van der Waals surface area contributed by atoms with Crippen LogP contribution >= 0.6 is 0 Å². The number of nitrogens with zero attached hydrogens (tertiary/aromatic N) is 3. The Labute approximate surface area is 192 Å². The number of imidazole rings is 1. The van der Waals surface area contributed by atoms with Gasteiger partial charge in [0, 0.05) is 38.3 Å². The highest BCUT2D eigenvalue weighted by Crippen LogP contribution is 2.27. The van der Waals surface area contributed by atoms with Gasteiger partial charge in [-0.2, -0.15) is 13.2 Å². The third kappa shape index (κ3) is 5.24. The van der Waals surface area contributed by atoms with E-state index in [1.165, 1.54) is 4.57 Å². The number of alkyl halides is 3. The second-order valence-electron chi connectivity index (χ2n) is 8.20. The molecule has 1 atom stereocenters.